The van der Waals surface area contributed by atoms with Crippen LogP contribution in [-0.4, -0.2) is 61.5 Å². The fourth-order valence-electron chi connectivity index (χ4n) is 2.75. The molecule has 0 bridgehead atoms. The van der Waals surface area contributed by atoms with Gasteiger partial charge in [0.25, 0.3) is 0 Å². The van der Waals surface area contributed by atoms with E-state index < -0.39 is 0 Å². The third-order valence-corrected chi connectivity index (χ3v) is 3.64. The highest BCUT2D eigenvalue weighted by atomic mass is 16.2. The van der Waals surface area contributed by atoms with E-state index in [1.807, 2.05) is 4.90 Å². The molecule has 0 aromatic carbocycles. The maximum atomic E-state index is 12.5. The molecule has 0 spiro atoms. The Morgan fingerprint density at radius 2 is 2.06 bits per heavy atom. The van der Waals surface area contributed by atoms with Crippen molar-refractivity contribution in [2.45, 2.75) is 51.6 Å². The Kier molecular flexibility index (Phi) is 6.65. The number of nitrogens with zero attached hydrogens (tertiary/aromatic N) is 2. The van der Waals surface area contributed by atoms with Crippen molar-refractivity contribution in [2.24, 2.45) is 0 Å². The van der Waals surface area contributed by atoms with Crippen LogP contribution < -0.4 is 5.32 Å². The number of hydrogen-bond acceptors (Lipinski definition) is 3. The Morgan fingerprint density at radius 3 is 2.67 bits per heavy atom. The maximum absolute atomic E-state index is 12.5. The predicted octanol–water partition coefficient (Wildman–Crippen LogP) is 1.32. The fourth-order valence-corrected chi connectivity index (χ4v) is 2.75. The van der Waals surface area contributed by atoms with Gasteiger partial charge in [-0.1, -0.05) is 12.8 Å². The predicted molar refractivity (Wildman–Crippen MR) is 75.7 cm³/mol. The summed E-state index contributed by atoms with van der Waals surface area (Å²) < 4.78 is 0. The Labute approximate surface area is 112 Å². The highest BCUT2D eigenvalue weighted by Crippen LogP contribution is 2.12. The van der Waals surface area contributed by atoms with Crippen molar-refractivity contribution in [3.05, 3.63) is 0 Å². The number of rotatable bonds is 5. The van der Waals surface area contributed by atoms with Crippen LogP contribution in [0.2, 0.25) is 0 Å². The van der Waals surface area contributed by atoms with Gasteiger partial charge in [0.15, 0.2) is 0 Å². The molecule has 0 radical (unpaired) electrons. The van der Waals surface area contributed by atoms with E-state index in [4.69, 9.17) is 0 Å². The zero-order valence-corrected chi connectivity index (χ0v) is 12.4. The van der Waals surface area contributed by atoms with Gasteiger partial charge in [0.2, 0.25) is 5.91 Å². The first-order chi connectivity index (χ1) is 8.56. The van der Waals surface area contributed by atoms with E-state index in [0.29, 0.717) is 0 Å². The molecule has 2 unspecified atom stereocenters. The molecule has 18 heavy (non-hydrogen) atoms. The third-order valence-electron chi connectivity index (χ3n) is 3.64. The summed E-state index contributed by atoms with van der Waals surface area (Å²) in [6, 6.07) is 0.319. The van der Waals surface area contributed by atoms with Crippen LogP contribution in [0.15, 0.2) is 0 Å². The lowest BCUT2D eigenvalue weighted by Crippen LogP contribution is -2.51. The summed E-state index contributed by atoms with van der Waals surface area (Å²) in [6.45, 7) is 6.91. The van der Waals surface area contributed by atoms with Crippen molar-refractivity contribution in [2.75, 3.05) is 33.7 Å². The Balaban J connectivity index is 2.59. The number of likely N-dealkylation sites (N-methyl/N-ethyl adjacent to an activating group) is 2. The molecule has 1 heterocycles. The van der Waals surface area contributed by atoms with Crippen LogP contribution in [0, 0.1) is 0 Å². The topological polar surface area (TPSA) is 35.6 Å². The molecule has 1 saturated heterocycles. The molecular weight excluding hydrogens is 226 g/mol. The fraction of sp³-hybridized carbons (Fsp3) is 0.929. The summed E-state index contributed by atoms with van der Waals surface area (Å²) in [6.07, 6.45) is 4.60. The van der Waals surface area contributed by atoms with Gasteiger partial charge < -0.3 is 15.1 Å². The van der Waals surface area contributed by atoms with Crippen LogP contribution in [0.5, 0.6) is 0 Å². The second-order valence-electron chi connectivity index (χ2n) is 5.59. The molecule has 1 amide bonds. The summed E-state index contributed by atoms with van der Waals surface area (Å²) in [5.74, 6) is 0.286. The van der Waals surface area contributed by atoms with Gasteiger partial charge in [0.05, 0.1) is 6.04 Å². The van der Waals surface area contributed by atoms with E-state index >= 15 is 0 Å². The van der Waals surface area contributed by atoms with Gasteiger partial charge >= 0.3 is 0 Å². The monoisotopic (exact) mass is 255 g/mol. The van der Waals surface area contributed by atoms with Crippen LogP contribution in [0.1, 0.15) is 39.5 Å². The smallest absolute Gasteiger partial charge is 0.239 e. The molecule has 106 valence electrons. The van der Waals surface area contributed by atoms with Gasteiger partial charge in [-0.2, -0.15) is 0 Å². The minimum atomic E-state index is 0.0389. The molecule has 2 atom stereocenters. The average molecular weight is 255 g/mol. The van der Waals surface area contributed by atoms with E-state index in [0.717, 1.165) is 26.1 Å². The Morgan fingerprint density at radius 1 is 1.33 bits per heavy atom. The Bertz CT molecular complexity index is 247. The zero-order chi connectivity index (χ0) is 13.5. The van der Waals surface area contributed by atoms with E-state index in [1.165, 1.54) is 19.3 Å². The second kappa shape index (κ2) is 7.74. The second-order valence-corrected chi connectivity index (χ2v) is 5.59. The van der Waals surface area contributed by atoms with Crippen LogP contribution in [0.25, 0.3) is 0 Å². The van der Waals surface area contributed by atoms with Gasteiger partial charge in [-0.3, -0.25) is 4.79 Å². The number of carbonyl (C=O) groups excluding carboxylic acids is 1. The largest absolute Gasteiger partial charge is 0.338 e. The molecule has 0 aromatic rings. The molecule has 4 heteroatoms. The van der Waals surface area contributed by atoms with Crippen molar-refractivity contribution < 1.29 is 4.79 Å². The molecular formula is C14H29N3O. The van der Waals surface area contributed by atoms with Crippen LogP contribution >= 0.6 is 0 Å². The average Bonchev–Trinajstić information content (AvgIpc) is 2.57. The van der Waals surface area contributed by atoms with Crippen molar-refractivity contribution in [3.63, 3.8) is 0 Å². The molecule has 0 aromatic heterocycles. The first-order valence-corrected chi connectivity index (χ1v) is 7.24. The van der Waals surface area contributed by atoms with E-state index in [-0.39, 0.29) is 18.0 Å². The number of amides is 1. The molecule has 0 aliphatic carbocycles. The van der Waals surface area contributed by atoms with Gasteiger partial charge in [-0.05, 0) is 47.3 Å². The van der Waals surface area contributed by atoms with E-state index in [1.54, 1.807) is 0 Å². The van der Waals surface area contributed by atoms with Gasteiger partial charge in [-0.25, -0.2) is 0 Å². The Hall–Kier alpha value is -0.610. The number of nitrogens with one attached hydrogen (secondary N) is 1. The summed E-state index contributed by atoms with van der Waals surface area (Å²) >= 11 is 0. The molecule has 1 aliphatic heterocycles. The number of hydrogen-bond donors (Lipinski definition) is 1. The van der Waals surface area contributed by atoms with Crippen LogP contribution in [0.3, 0.4) is 0 Å². The normalized spacial score (nSPS) is 22.6. The van der Waals surface area contributed by atoms with Crippen LogP contribution in [-0.2, 0) is 4.79 Å². The summed E-state index contributed by atoms with van der Waals surface area (Å²) in [5, 5.41) is 3.40. The summed E-state index contributed by atoms with van der Waals surface area (Å²) in [7, 11) is 4.11. The lowest BCUT2D eigenvalue weighted by Gasteiger charge is -2.33. The van der Waals surface area contributed by atoms with Crippen molar-refractivity contribution >= 4 is 5.91 Å². The SMILES string of the molecule is CCN(C(=O)C1CCCCCN1)C(C)CN(C)C. The summed E-state index contributed by atoms with van der Waals surface area (Å²) in [5.41, 5.74) is 0. The third kappa shape index (κ3) is 4.58. The molecule has 0 saturated carbocycles. The molecule has 1 fully saturated rings. The van der Waals surface area contributed by atoms with E-state index in [9.17, 15) is 4.79 Å². The molecule has 1 rings (SSSR count). The quantitative estimate of drug-likeness (QED) is 0.805. The number of carbonyl (C=O) groups is 1. The van der Waals surface area contributed by atoms with E-state index in [2.05, 4.69) is 38.2 Å². The maximum Gasteiger partial charge on any atom is 0.239 e. The minimum absolute atomic E-state index is 0.0389. The first kappa shape index (κ1) is 15.4. The molecule has 1 N–H and O–H groups in total. The molecule has 1 aliphatic rings. The van der Waals surface area contributed by atoms with Crippen molar-refractivity contribution in [1.29, 1.82) is 0 Å². The standard InChI is InChI=1S/C14H29N3O/c1-5-17(12(2)11-16(3)4)14(18)13-9-7-6-8-10-15-13/h12-13,15H,5-11H2,1-4H3. The minimum Gasteiger partial charge on any atom is -0.338 e. The zero-order valence-electron chi connectivity index (χ0n) is 12.4. The van der Waals surface area contributed by atoms with Crippen LogP contribution in [0.4, 0.5) is 0 Å². The lowest BCUT2D eigenvalue weighted by molar-refractivity contribution is -0.135. The summed E-state index contributed by atoms with van der Waals surface area (Å²) in [4.78, 5) is 16.7. The highest BCUT2D eigenvalue weighted by Gasteiger charge is 2.27. The van der Waals surface area contributed by atoms with Crippen molar-refractivity contribution in [1.82, 2.24) is 15.1 Å². The lowest BCUT2D eigenvalue weighted by atomic mass is 10.1. The molecule has 4 nitrogen and oxygen atoms in total. The highest BCUT2D eigenvalue weighted by molar-refractivity contribution is 5.82. The van der Waals surface area contributed by atoms with Gasteiger partial charge in [-0.15, -0.1) is 0 Å². The van der Waals surface area contributed by atoms with Crippen molar-refractivity contribution in [3.8, 4) is 0 Å². The first-order valence-electron chi connectivity index (χ1n) is 7.24. The van der Waals surface area contributed by atoms with Gasteiger partial charge in [0.1, 0.15) is 0 Å². The van der Waals surface area contributed by atoms with Gasteiger partial charge in [0, 0.05) is 19.1 Å².